The lowest BCUT2D eigenvalue weighted by molar-refractivity contribution is -0.161. The van der Waals surface area contributed by atoms with E-state index in [1.807, 2.05) is 6.92 Å². The highest BCUT2D eigenvalue weighted by molar-refractivity contribution is 5.76. The topological polar surface area (TPSA) is 65.1 Å². The van der Waals surface area contributed by atoms with Crippen LogP contribution in [0.15, 0.2) is 0 Å². The molecule has 1 rings (SSSR count). The minimum atomic E-state index is -0.737. The highest BCUT2D eigenvalue weighted by Crippen LogP contribution is 2.17. The molecule has 1 saturated heterocycles. The zero-order chi connectivity index (χ0) is 13.9. The van der Waals surface area contributed by atoms with Gasteiger partial charge in [0, 0.05) is 0 Å². The summed E-state index contributed by atoms with van der Waals surface area (Å²) in [7, 11) is 1.29. The quantitative estimate of drug-likeness (QED) is 0.662. The second-order valence-corrected chi connectivity index (χ2v) is 5.33. The first-order valence-corrected chi connectivity index (χ1v) is 5.93. The molecule has 2 atom stereocenters. The number of rotatable bonds is 1. The molecule has 0 aromatic rings. The van der Waals surface area contributed by atoms with Crippen molar-refractivity contribution >= 4 is 12.1 Å². The minimum absolute atomic E-state index is 0.124. The molecule has 1 amide bonds. The van der Waals surface area contributed by atoms with Crippen LogP contribution in [0.4, 0.5) is 4.79 Å². The van der Waals surface area contributed by atoms with Crippen LogP contribution in [0.2, 0.25) is 0 Å². The molecule has 0 aromatic carbocycles. The van der Waals surface area contributed by atoms with Crippen molar-refractivity contribution in [3.8, 4) is 0 Å². The van der Waals surface area contributed by atoms with Gasteiger partial charge in [-0.15, -0.1) is 0 Å². The molecule has 0 N–H and O–H groups in total. The Bertz CT molecular complexity index is 323. The van der Waals surface area contributed by atoms with Crippen molar-refractivity contribution in [2.45, 2.75) is 45.4 Å². The maximum atomic E-state index is 12.0. The fourth-order valence-corrected chi connectivity index (χ4v) is 1.61. The number of morpholine rings is 1. The van der Waals surface area contributed by atoms with Gasteiger partial charge in [-0.05, 0) is 27.7 Å². The molecule has 104 valence electrons. The van der Waals surface area contributed by atoms with Gasteiger partial charge in [0.25, 0.3) is 0 Å². The van der Waals surface area contributed by atoms with Gasteiger partial charge < -0.3 is 14.2 Å². The van der Waals surface area contributed by atoms with Crippen LogP contribution in [0.5, 0.6) is 0 Å². The fraction of sp³-hybridized carbons (Fsp3) is 0.833. The van der Waals surface area contributed by atoms with Gasteiger partial charge in [0.15, 0.2) is 6.10 Å². The molecule has 0 spiro atoms. The molecule has 6 nitrogen and oxygen atoms in total. The molecule has 1 aliphatic heterocycles. The summed E-state index contributed by atoms with van der Waals surface area (Å²) in [4.78, 5) is 24.9. The maximum Gasteiger partial charge on any atom is 0.410 e. The smallest absolute Gasteiger partial charge is 0.410 e. The summed E-state index contributed by atoms with van der Waals surface area (Å²) in [5.41, 5.74) is -0.560. The standard InChI is InChI=1S/C12H21NO5/c1-8-7-17-9(10(14)16-5)6-13(8)11(15)18-12(2,3)4/h8-9H,6-7H2,1-5H3/t8-,9-/m0/s1. The summed E-state index contributed by atoms with van der Waals surface area (Å²) in [6, 6.07) is -0.124. The van der Waals surface area contributed by atoms with E-state index in [9.17, 15) is 9.59 Å². The lowest BCUT2D eigenvalue weighted by atomic mass is 10.2. The summed E-state index contributed by atoms with van der Waals surface area (Å²) in [6.45, 7) is 7.69. The van der Waals surface area contributed by atoms with Gasteiger partial charge in [-0.3, -0.25) is 4.90 Å². The van der Waals surface area contributed by atoms with Crippen molar-refractivity contribution in [2.24, 2.45) is 0 Å². The molecule has 0 aliphatic carbocycles. The van der Waals surface area contributed by atoms with Gasteiger partial charge in [-0.25, -0.2) is 9.59 Å². The third-order valence-electron chi connectivity index (χ3n) is 2.53. The molecule has 1 heterocycles. The summed E-state index contributed by atoms with van der Waals surface area (Å²) in [6.07, 6.45) is -1.18. The number of hydrogen-bond acceptors (Lipinski definition) is 5. The van der Waals surface area contributed by atoms with E-state index in [0.717, 1.165) is 0 Å². The summed E-state index contributed by atoms with van der Waals surface area (Å²) in [5, 5.41) is 0. The molecule has 0 bridgehead atoms. The zero-order valence-electron chi connectivity index (χ0n) is 11.6. The Morgan fingerprint density at radius 3 is 2.44 bits per heavy atom. The third-order valence-corrected chi connectivity index (χ3v) is 2.53. The van der Waals surface area contributed by atoms with Crippen molar-refractivity contribution in [1.82, 2.24) is 4.90 Å². The number of nitrogens with zero attached hydrogens (tertiary/aromatic N) is 1. The average molecular weight is 259 g/mol. The lowest BCUT2D eigenvalue weighted by Gasteiger charge is -2.37. The third kappa shape index (κ3) is 3.87. The molecule has 0 radical (unpaired) electrons. The Hall–Kier alpha value is -1.30. The number of carbonyl (C=O) groups excluding carboxylic acids is 2. The van der Waals surface area contributed by atoms with Gasteiger partial charge >= 0.3 is 12.1 Å². The predicted molar refractivity (Wildman–Crippen MR) is 64.2 cm³/mol. The summed E-state index contributed by atoms with van der Waals surface area (Å²) < 4.78 is 15.2. The monoisotopic (exact) mass is 259 g/mol. The van der Waals surface area contributed by atoms with Gasteiger partial charge in [-0.2, -0.15) is 0 Å². The average Bonchev–Trinajstić information content (AvgIpc) is 2.26. The van der Waals surface area contributed by atoms with Gasteiger partial charge in [0.1, 0.15) is 5.60 Å². The van der Waals surface area contributed by atoms with E-state index in [2.05, 4.69) is 4.74 Å². The van der Waals surface area contributed by atoms with Crippen molar-refractivity contribution in [3.05, 3.63) is 0 Å². The molecule has 1 fully saturated rings. The van der Waals surface area contributed by atoms with Crippen LogP contribution < -0.4 is 0 Å². The first-order chi connectivity index (χ1) is 8.24. The number of ether oxygens (including phenoxy) is 3. The van der Waals surface area contributed by atoms with E-state index in [1.54, 1.807) is 20.8 Å². The van der Waals surface area contributed by atoms with Gasteiger partial charge in [0.05, 0.1) is 26.3 Å². The minimum Gasteiger partial charge on any atom is -0.467 e. The van der Waals surface area contributed by atoms with Crippen LogP contribution in [0, 0.1) is 0 Å². The molecule has 1 aliphatic rings. The Morgan fingerprint density at radius 2 is 1.94 bits per heavy atom. The number of hydrogen-bond donors (Lipinski definition) is 0. The molecule has 0 saturated carbocycles. The second kappa shape index (κ2) is 5.56. The Morgan fingerprint density at radius 1 is 1.33 bits per heavy atom. The van der Waals surface area contributed by atoms with Crippen LogP contribution in [-0.4, -0.2) is 55.0 Å². The SMILES string of the molecule is COC(=O)[C@@H]1CN(C(=O)OC(C)(C)C)[C@@H](C)CO1. The van der Waals surface area contributed by atoms with Crippen molar-refractivity contribution in [2.75, 3.05) is 20.3 Å². The van der Waals surface area contributed by atoms with Crippen LogP contribution in [0.1, 0.15) is 27.7 Å². The molecule has 6 heteroatoms. The highest BCUT2D eigenvalue weighted by Gasteiger charge is 2.36. The largest absolute Gasteiger partial charge is 0.467 e. The van der Waals surface area contributed by atoms with Crippen molar-refractivity contribution in [1.29, 1.82) is 0 Å². The summed E-state index contributed by atoms with van der Waals surface area (Å²) in [5.74, 6) is -0.476. The van der Waals surface area contributed by atoms with E-state index >= 15 is 0 Å². The second-order valence-electron chi connectivity index (χ2n) is 5.33. The van der Waals surface area contributed by atoms with Crippen LogP contribution in [-0.2, 0) is 19.0 Å². The van der Waals surface area contributed by atoms with Gasteiger partial charge in [0.2, 0.25) is 0 Å². The molecule has 0 unspecified atom stereocenters. The van der Waals surface area contributed by atoms with E-state index in [0.29, 0.717) is 6.61 Å². The normalized spacial score (nSPS) is 24.6. The molecular formula is C12H21NO5. The van der Waals surface area contributed by atoms with Crippen molar-refractivity contribution < 1.29 is 23.8 Å². The van der Waals surface area contributed by atoms with E-state index in [1.165, 1.54) is 12.0 Å². The summed E-state index contributed by atoms with van der Waals surface area (Å²) >= 11 is 0. The molecule has 0 aromatic heterocycles. The zero-order valence-corrected chi connectivity index (χ0v) is 11.6. The van der Waals surface area contributed by atoms with Crippen molar-refractivity contribution in [3.63, 3.8) is 0 Å². The van der Waals surface area contributed by atoms with E-state index in [-0.39, 0.29) is 12.6 Å². The van der Waals surface area contributed by atoms with E-state index < -0.39 is 23.8 Å². The molecule has 18 heavy (non-hydrogen) atoms. The number of carbonyl (C=O) groups is 2. The molecular weight excluding hydrogens is 238 g/mol. The first-order valence-electron chi connectivity index (χ1n) is 5.93. The Kier molecular flexibility index (Phi) is 4.56. The number of methoxy groups -OCH3 is 1. The van der Waals surface area contributed by atoms with Crippen LogP contribution >= 0.6 is 0 Å². The Labute approximate surface area is 107 Å². The Balaban J connectivity index is 2.67. The first kappa shape index (κ1) is 14.8. The predicted octanol–water partition coefficient (Wildman–Crippen LogP) is 1.18. The van der Waals surface area contributed by atoms with Crippen LogP contribution in [0.3, 0.4) is 0 Å². The lowest BCUT2D eigenvalue weighted by Crippen LogP contribution is -2.54. The van der Waals surface area contributed by atoms with Gasteiger partial charge in [-0.1, -0.05) is 0 Å². The van der Waals surface area contributed by atoms with E-state index in [4.69, 9.17) is 9.47 Å². The maximum absolute atomic E-state index is 12.0. The number of amides is 1. The highest BCUT2D eigenvalue weighted by atomic mass is 16.6. The van der Waals surface area contributed by atoms with Crippen LogP contribution in [0.25, 0.3) is 0 Å². The fourth-order valence-electron chi connectivity index (χ4n) is 1.61. The number of esters is 1.